The van der Waals surface area contributed by atoms with Crippen LogP contribution in [-0.4, -0.2) is 30.6 Å². The third kappa shape index (κ3) is 1.70. The van der Waals surface area contributed by atoms with Crippen LogP contribution >= 0.6 is 0 Å². The van der Waals surface area contributed by atoms with Gasteiger partial charge < -0.3 is 5.32 Å². The van der Waals surface area contributed by atoms with Crippen LogP contribution in [-0.2, 0) is 6.42 Å². The molecule has 18 heavy (non-hydrogen) atoms. The highest BCUT2D eigenvalue weighted by Crippen LogP contribution is 2.40. The Kier molecular flexibility index (Phi) is 2.66. The molecule has 2 heteroatoms. The molecule has 4 rings (SSSR count). The molecular weight excluding hydrogens is 220 g/mol. The van der Waals surface area contributed by atoms with Gasteiger partial charge in [0.2, 0.25) is 0 Å². The van der Waals surface area contributed by atoms with Crippen LogP contribution in [0, 0.1) is 5.92 Å². The van der Waals surface area contributed by atoms with E-state index in [1.165, 1.54) is 45.3 Å². The van der Waals surface area contributed by atoms with E-state index in [1.807, 2.05) is 0 Å². The summed E-state index contributed by atoms with van der Waals surface area (Å²) in [7, 11) is 0. The second kappa shape index (κ2) is 4.36. The summed E-state index contributed by atoms with van der Waals surface area (Å²) < 4.78 is 0. The van der Waals surface area contributed by atoms with Crippen LogP contribution in [0.3, 0.4) is 0 Å². The Morgan fingerprint density at radius 1 is 1.22 bits per heavy atom. The molecule has 0 amide bonds. The minimum absolute atomic E-state index is 0.682. The minimum Gasteiger partial charge on any atom is -0.314 e. The van der Waals surface area contributed by atoms with Crippen LogP contribution in [0.4, 0.5) is 0 Å². The number of hydrogen-bond donors (Lipinski definition) is 1. The van der Waals surface area contributed by atoms with E-state index >= 15 is 0 Å². The van der Waals surface area contributed by atoms with Crippen molar-refractivity contribution in [3.63, 3.8) is 0 Å². The number of nitrogens with one attached hydrogen (secondary N) is 1. The molecule has 1 N–H and O–H groups in total. The predicted molar refractivity (Wildman–Crippen MR) is 73.6 cm³/mol. The molecular formula is C16H22N2. The molecule has 2 saturated heterocycles. The zero-order valence-corrected chi connectivity index (χ0v) is 10.9. The molecule has 2 nitrogen and oxygen atoms in total. The summed E-state index contributed by atoms with van der Waals surface area (Å²) in [6.45, 7) is 3.82. The summed E-state index contributed by atoms with van der Waals surface area (Å²) in [4.78, 5) is 2.75. The molecule has 1 aromatic rings. The van der Waals surface area contributed by atoms with E-state index in [2.05, 4.69) is 34.5 Å². The van der Waals surface area contributed by atoms with Gasteiger partial charge in [0.15, 0.2) is 0 Å². The molecule has 3 aliphatic heterocycles. The number of rotatable bonds is 0. The summed E-state index contributed by atoms with van der Waals surface area (Å²) in [5.41, 5.74) is 3.20. The Labute approximate surface area is 109 Å². The van der Waals surface area contributed by atoms with Gasteiger partial charge >= 0.3 is 0 Å². The molecule has 2 fully saturated rings. The van der Waals surface area contributed by atoms with Gasteiger partial charge in [-0.3, -0.25) is 4.90 Å². The third-order valence-electron chi connectivity index (χ3n) is 5.20. The molecule has 0 aliphatic carbocycles. The lowest BCUT2D eigenvalue weighted by Crippen LogP contribution is -2.54. The maximum atomic E-state index is 3.76. The standard InChI is InChI=1S/C16H22N2/c1-2-6-14-12(4-1)7-9-18-11-13-5-3-8-17-15(13)10-16(14)18/h1-2,4,6,13,15-17H,3,5,7-11H2/t13-,15+,16+/m1/s1. The van der Waals surface area contributed by atoms with Crippen molar-refractivity contribution in [2.24, 2.45) is 5.92 Å². The van der Waals surface area contributed by atoms with Gasteiger partial charge in [0.1, 0.15) is 0 Å². The van der Waals surface area contributed by atoms with Gasteiger partial charge in [0.05, 0.1) is 0 Å². The summed E-state index contributed by atoms with van der Waals surface area (Å²) >= 11 is 0. The minimum atomic E-state index is 0.682. The molecule has 0 spiro atoms. The van der Waals surface area contributed by atoms with Gasteiger partial charge in [-0.25, -0.2) is 0 Å². The first-order valence-corrected chi connectivity index (χ1v) is 7.47. The number of fused-ring (bicyclic) bond motifs is 4. The average molecular weight is 242 g/mol. The van der Waals surface area contributed by atoms with Gasteiger partial charge in [-0.1, -0.05) is 24.3 Å². The van der Waals surface area contributed by atoms with Crippen LogP contribution in [0.5, 0.6) is 0 Å². The van der Waals surface area contributed by atoms with Crippen LogP contribution < -0.4 is 5.32 Å². The fourth-order valence-corrected chi connectivity index (χ4v) is 4.25. The van der Waals surface area contributed by atoms with Crippen LogP contribution in [0.1, 0.15) is 36.4 Å². The molecule has 0 radical (unpaired) electrons. The molecule has 3 atom stereocenters. The van der Waals surface area contributed by atoms with E-state index in [9.17, 15) is 0 Å². The molecule has 1 aromatic carbocycles. The first kappa shape index (κ1) is 11.0. The van der Waals surface area contributed by atoms with E-state index < -0.39 is 0 Å². The smallest absolute Gasteiger partial charge is 0.0366 e. The van der Waals surface area contributed by atoms with Crippen LogP contribution in [0.25, 0.3) is 0 Å². The van der Waals surface area contributed by atoms with E-state index in [0.29, 0.717) is 6.04 Å². The highest BCUT2D eigenvalue weighted by Gasteiger charge is 2.39. The quantitative estimate of drug-likeness (QED) is 0.751. The Bertz CT molecular complexity index is 442. The van der Waals surface area contributed by atoms with Crippen molar-refractivity contribution in [2.45, 2.75) is 37.8 Å². The van der Waals surface area contributed by atoms with E-state index in [1.54, 1.807) is 11.1 Å². The van der Waals surface area contributed by atoms with Crippen molar-refractivity contribution in [3.05, 3.63) is 35.4 Å². The normalized spacial score (nSPS) is 35.4. The third-order valence-corrected chi connectivity index (χ3v) is 5.20. The van der Waals surface area contributed by atoms with E-state index in [4.69, 9.17) is 0 Å². The Morgan fingerprint density at radius 3 is 3.17 bits per heavy atom. The number of benzene rings is 1. The zero-order valence-electron chi connectivity index (χ0n) is 10.9. The summed E-state index contributed by atoms with van der Waals surface area (Å²) in [5.74, 6) is 0.903. The van der Waals surface area contributed by atoms with Gasteiger partial charge in [0, 0.05) is 25.2 Å². The van der Waals surface area contributed by atoms with Crippen molar-refractivity contribution >= 4 is 0 Å². The van der Waals surface area contributed by atoms with Crippen LogP contribution in [0.15, 0.2) is 24.3 Å². The Balaban J connectivity index is 1.64. The highest BCUT2D eigenvalue weighted by molar-refractivity contribution is 5.33. The second-order valence-electron chi connectivity index (χ2n) is 6.16. The molecule has 3 heterocycles. The van der Waals surface area contributed by atoms with Crippen molar-refractivity contribution in [2.75, 3.05) is 19.6 Å². The topological polar surface area (TPSA) is 15.3 Å². The molecule has 0 aromatic heterocycles. The fourth-order valence-electron chi connectivity index (χ4n) is 4.25. The summed E-state index contributed by atoms with van der Waals surface area (Å²) in [5, 5.41) is 3.76. The van der Waals surface area contributed by atoms with E-state index in [0.717, 1.165) is 12.0 Å². The first-order chi connectivity index (χ1) is 8.92. The molecule has 96 valence electrons. The van der Waals surface area contributed by atoms with Gasteiger partial charge in [-0.15, -0.1) is 0 Å². The highest BCUT2D eigenvalue weighted by atomic mass is 15.2. The monoisotopic (exact) mass is 242 g/mol. The van der Waals surface area contributed by atoms with Gasteiger partial charge in [0.25, 0.3) is 0 Å². The lowest BCUT2D eigenvalue weighted by Gasteiger charge is -2.49. The predicted octanol–water partition coefficient (Wildman–Crippen LogP) is 2.36. The maximum Gasteiger partial charge on any atom is 0.0366 e. The zero-order chi connectivity index (χ0) is 11.9. The van der Waals surface area contributed by atoms with E-state index in [-0.39, 0.29) is 0 Å². The SMILES string of the molecule is c1ccc2c(c1)CCN1C[C@H]3CCCN[C@H]3C[C@@H]21. The second-order valence-corrected chi connectivity index (χ2v) is 6.16. The maximum absolute atomic E-state index is 3.76. The first-order valence-electron chi connectivity index (χ1n) is 7.47. The fraction of sp³-hybridized carbons (Fsp3) is 0.625. The molecule has 0 bridgehead atoms. The van der Waals surface area contributed by atoms with Crippen molar-refractivity contribution in [1.82, 2.24) is 10.2 Å². The molecule has 3 aliphatic rings. The lowest BCUT2D eigenvalue weighted by atomic mass is 9.77. The van der Waals surface area contributed by atoms with Crippen molar-refractivity contribution in [1.29, 1.82) is 0 Å². The number of piperidine rings is 2. The molecule has 0 unspecified atom stereocenters. The summed E-state index contributed by atoms with van der Waals surface area (Å²) in [6, 6.07) is 10.5. The largest absolute Gasteiger partial charge is 0.314 e. The van der Waals surface area contributed by atoms with Crippen molar-refractivity contribution < 1.29 is 0 Å². The van der Waals surface area contributed by atoms with Crippen LogP contribution in [0.2, 0.25) is 0 Å². The molecule has 0 saturated carbocycles. The summed E-state index contributed by atoms with van der Waals surface area (Å²) in [6.07, 6.45) is 5.37. The van der Waals surface area contributed by atoms with Crippen molar-refractivity contribution in [3.8, 4) is 0 Å². The van der Waals surface area contributed by atoms with Gasteiger partial charge in [-0.2, -0.15) is 0 Å². The Morgan fingerprint density at radius 2 is 2.17 bits per heavy atom. The van der Waals surface area contributed by atoms with Gasteiger partial charge in [-0.05, 0) is 49.3 Å². The Hall–Kier alpha value is -0.860. The lowest BCUT2D eigenvalue weighted by molar-refractivity contribution is 0.0552. The number of hydrogen-bond acceptors (Lipinski definition) is 2. The average Bonchev–Trinajstić information content (AvgIpc) is 2.45. The number of nitrogens with zero attached hydrogens (tertiary/aromatic N) is 1.